The van der Waals surface area contributed by atoms with E-state index in [1.54, 1.807) is 19.3 Å². The van der Waals surface area contributed by atoms with Gasteiger partial charge in [0.15, 0.2) is 0 Å². The number of hydrogen-bond acceptors (Lipinski definition) is 5. The van der Waals surface area contributed by atoms with Crippen LogP contribution in [0.15, 0.2) is 29.3 Å². The summed E-state index contributed by atoms with van der Waals surface area (Å²) < 4.78 is 1.45. The third-order valence-electron chi connectivity index (χ3n) is 5.82. The molecule has 7 heteroatoms. The van der Waals surface area contributed by atoms with Crippen LogP contribution in [0.1, 0.15) is 40.9 Å². The van der Waals surface area contributed by atoms with Crippen molar-refractivity contribution in [2.45, 2.75) is 31.1 Å². The Kier molecular flexibility index (Phi) is 4.25. The molecule has 7 nitrogen and oxygen atoms in total. The summed E-state index contributed by atoms with van der Waals surface area (Å²) in [7, 11) is 5.56. The molecule has 2 aromatic rings. The summed E-state index contributed by atoms with van der Waals surface area (Å²) in [5.74, 6) is 0.705. The molecule has 1 aliphatic carbocycles. The molecule has 1 spiro atoms. The number of fused-ring (bicyclic) bond motifs is 2. The van der Waals surface area contributed by atoms with E-state index in [9.17, 15) is 9.59 Å². The highest BCUT2D eigenvalue weighted by molar-refractivity contribution is 5.94. The number of carbonyl (C=O) groups is 1. The summed E-state index contributed by atoms with van der Waals surface area (Å²) >= 11 is 0. The molecule has 1 atom stereocenters. The van der Waals surface area contributed by atoms with Crippen LogP contribution in [0.4, 0.5) is 5.95 Å². The topological polar surface area (TPSA) is 71.3 Å². The van der Waals surface area contributed by atoms with Crippen molar-refractivity contribution >= 4 is 11.9 Å². The number of pyridine rings is 1. The number of rotatable bonds is 2. The van der Waals surface area contributed by atoms with Crippen LogP contribution < -0.4 is 10.5 Å². The SMILES string of the molecule is CN(C)c1ncc2c(n1)C1(CCCN(C(=O)c3ccc(=O)n(C)c3)C1)CC2. The van der Waals surface area contributed by atoms with Gasteiger partial charge in [-0.2, -0.15) is 0 Å². The summed E-state index contributed by atoms with van der Waals surface area (Å²) in [4.78, 5) is 37.8. The minimum absolute atomic E-state index is 0.0139. The zero-order chi connectivity index (χ0) is 19.2. The van der Waals surface area contributed by atoms with Crippen molar-refractivity contribution in [2.75, 3.05) is 32.1 Å². The molecule has 0 N–H and O–H groups in total. The average molecular weight is 367 g/mol. The van der Waals surface area contributed by atoms with E-state index in [0.717, 1.165) is 43.9 Å². The molecule has 2 aliphatic rings. The fourth-order valence-electron chi connectivity index (χ4n) is 4.35. The van der Waals surface area contributed by atoms with E-state index in [1.807, 2.05) is 30.1 Å². The lowest BCUT2D eigenvalue weighted by atomic mass is 9.77. The van der Waals surface area contributed by atoms with E-state index >= 15 is 0 Å². The van der Waals surface area contributed by atoms with E-state index in [2.05, 4.69) is 4.98 Å². The lowest BCUT2D eigenvalue weighted by molar-refractivity contribution is 0.0632. The molecule has 1 saturated heterocycles. The molecule has 27 heavy (non-hydrogen) atoms. The second kappa shape index (κ2) is 6.48. The maximum absolute atomic E-state index is 13.1. The molecular weight excluding hydrogens is 342 g/mol. The van der Waals surface area contributed by atoms with E-state index in [1.165, 1.54) is 16.2 Å². The highest BCUT2D eigenvalue weighted by Crippen LogP contribution is 2.44. The van der Waals surface area contributed by atoms with Crippen LogP contribution in [-0.4, -0.2) is 52.5 Å². The molecule has 0 saturated carbocycles. The fraction of sp³-hybridized carbons (Fsp3) is 0.500. The molecule has 0 aromatic carbocycles. The molecule has 3 heterocycles. The Balaban J connectivity index is 1.64. The minimum Gasteiger partial charge on any atom is -0.347 e. The first-order valence-corrected chi connectivity index (χ1v) is 9.39. The highest BCUT2D eigenvalue weighted by atomic mass is 16.2. The van der Waals surface area contributed by atoms with Gasteiger partial charge in [0.05, 0.1) is 11.3 Å². The Bertz CT molecular complexity index is 948. The van der Waals surface area contributed by atoms with Gasteiger partial charge in [0.25, 0.3) is 5.91 Å². The van der Waals surface area contributed by atoms with Gasteiger partial charge in [-0.3, -0.25) is 9.59 Å². The van der Waals surface area contributed by atoms with Crippen molar-refractivity contribution in [1.82, 2.24) is 19.4 Å². The van der Waals surface area contributed by atoms with Gasteiger partial charge in [0.1, 0.15) is 0 Å². The zero-order valence-electron chi connectivity index (χ0n) is 16.1. The predicted molar refractivity (Wildman–Crippen MR) is 103 cm³/mol. The van der Waals surface area contributed by atoms with Crippen molar-refractivity contribution in [1.29, 1.82) is 0 Å². The summed E-state index contributed by atoms with van der Waals surface area (Å²) in [6.45, 7) is 1.41. The van der Waals surface area contributed by atoms with Gasteiger partial charge < -0.3 is 14.4 Å². The van der Waals surface area contributed by atoms with Crippen molar-refractivity contribution in [3.63, 3.8) is 0 Å². The van der Waals surface area contributed by atoms with Gasteiger partial charge in [0.2, 0.25) is 11.5 Å². The Morgan fingerprint density at radius 3 is 2.81 bits per heavy atom. The Morgan fingerprint density at radius 1 is 1.26 bits per heavy atom. The molecule has 1 amide bonds. The van der Waals surface area contributed by atoms with Crippen molar-refractivity contribution in [3.8, 4) is 0 Å². The first kappa shape index (κ1) is 17.7. The maximum atomic E-state index is 13.1. The van der Waals surface area contributed by atoms with Gasteiger partial charge >= 0.3 is 0 Å². The van der Waals surface area contributed by atoms with Crippen LogP contribution >= 0.6 is 0 Å². The standard InChI is InChI=1S/C20H25N5O2/c1-23(2)19-21-11-14-7-9-20(17(14)22-19)8-4-10-25(13-20)18(27)15-5-6-16(26)24(3)12-15/h5-6,11-12H,4,7-10,13H2,1-3H3. The molecule has 1 unspecified atom stereocenters. The number of carbonyl (C=O) groups excluding carboxylic acids is 1. The lowest BCUT2D eigenvalue weighted by Crippen LogP contribution is -2.48. The normalized spacial score (nSPS) is 21.4. The molecule has 2 aromatic heterocycles. The predicted octanol–water partition coefficient (Wildman–Crippen LogP) is 1.36. The maximum Gasteiger partial charge on any atom is 0.255 e. The summed E-state index contributed by atoms with van der Waals surface area (Å²) in [6.07, 6.45) is 7.54. The van der Waals surface area contributed by atoms with E-state index < -0.39 is 0 Å². The van der Waals surface area contributed by atoms with Crippen LogP contribution in [0.2, 0.25) is 0 Å². The molecule has 1 fully saturated rings. The first-order chi connectivity index (χ1) is 12.9. The Hall–Kier alpha value is -2.70. The molecule has 1 aliphatic heterocycles. The molecule has 142 valence electrons. The number of anilines is 1. The molecule has 4 rings (SSSR count). The zero-order valence-corrected chi connectivity index (χ0v) is 16.1. The Labute approximate surface area is 158 Å². The van der Waals surface area contributed by atoms with E-state index in [0.29, 0.717) is 12.1 Å². The van der Waals surface area contributed by atoms with Crippen molar-refractivity contribution in [2.24, 2.45) is 7.05 Å². The third-order valence-corrected chi connectivity index (χ3v) is 5.82. The van der Waals surface area contributed by atoms with Crippen molar-refractivity contribution < 1.29 is 4.79 Å². The average Bonchev–Trinajstić information content (AvgIpc) is 3.00. The number of aryl methyl sites for hydroxylation is 2. The first-order valence-electron chi connectivity index (χ1n) is 9.39. The number of piperidine rings is 1. The van der Waals surface area contributed by atoms with Crippen LogP contribution in [-0.2, 0) is 18.9 Å². The van der Waals surface area contributed by atoms with Gasteiger partial charge in [0, 0.05) is 58.1 Å². The lowest BCUT2D eigenvalue weighted by Gasteiger charge is -2.40. The minimum atomic E-state index is -0.112. The quantitative estimate of drug-likeness (QED) is 0.802. The van der Waals surface area contributed by atoms with Gasteiger partial charge in [-0.1, -0.05) is 0 Å². The fourth-order valence-corrected chi connectivity index (χ4v) is 4.35. The monoisotopic (exact) mass is 367 g/mol. The van der Waals surface area contributed by atoms with E-state index in [-0.39, 0.29) is 16.9 Å². The Morgan fingerprint density at radius 2 is 2.07 bits per heavy atom. The van der Waals surface area contributed by atoms with Gasteiger partial charge in [-0.05, 0) is 37.3 Å². The van der Waals surface area contributed by atoms with Crippen molar-refractivity contribution in [3.05, 3.63) is 51.7 Å². The number of aromatic nitrogens is 3. The van der Waals surface area contributed by atoms with Crippen LogP contribution in [0.25, 0.3) is 0 Å². The number of nitrogens with zero attached hydrogens (tertiary/aromatic N) is 5. The molecule has 0 radical (unpaired) electrons. The van der Waals surface area contributed by atoms with Gasteiger partial charge in [-0.25, -0.2) is 9.97 Å². The smallest absolute Gasteiger partial charge is 0.255 e. The third kappa shape index (κ3) is 3.01. The summed E-state index contributed by atoms with van der Waals surface area (Å²) in [5, 5.41) is 0. The number of amides is 1. The second-order valence-corrected chi connectivity index (χ2v) is 7.92. The number of likely N-dealkylation sites (tertiary alicyclic amines) is 1. The van der Waals surface area contributed by atoms with E-state index in [4.69, 9.17) is 4.98 Å². The number of hydrogen-bond donors (Lipinski definition) is 0. The summed E-state index contributed by atoms with van der Waals surface area (Å²) in [6, 6.07) is 3.08. The second-order valence-electron chi connectivity index (χ2n) is 7.92. The van der Waals surface area contributed by atoms with Gasteiger partial charge in [-0.15, -0.1) is 0 Å². The highest BCUT2D eigenvalue weighted by Gasteiger charge is 2.45. The largest absolute Gasteiger partial charge is 0.347 e. The van der Waals surface area contributed by atoms with Crippen LogP contribution in [0, 0.1) is 0 Å². The van der Waals surface area contributed by atoms with Crippen LogP contribution in [0.5, 0.6) is 0 Å². The summed E-state index contributed by atoms with van der Waals surface area (Å²) in [5.41, 5.74) is 2.68. The molecular formula is C20H25N5O2. The van der Waals surface area contributed by atoms with Crippen LogP contribution in [0.3, 0.4) is 0 Å². The molecule has 0 bridgehead atoms.